The van der Waals surface area contributed by atoms with E-state index in [0.29, 0.717) is 0 Å². The standard InChI is InChI=1S/C23H23N/c1-5-6-7-10-18(24-4)15-17-13-14-20-19-11-8-9-12-21(19)23(2,3)22(20)16-17/h5-14,16H,1,4,15H2,2-3H3/b7-6-,18-10-. The molecule has 120 valence electrons. The van der Waals surface area contributed by atoms with Crippen LogP contribution in [0.15, 0.2) is 84.0 Å². The zero-order chi connectivity index (χ0) is 17.2. The molecule has 0 radical (unpaired) electrons. The molecule has 0 saturated carbocycles. The van der Waals surface area contributed by atoms with Crippen molar-refractivity contribution < 1.29 is 0 Å². The van der Waals surface area contributed by atoms with Crippen LogP contribution in [0.4, 0.5) is 0 Å². The summed E-state index contributed by atoms with van der Waals surface area (Å²) in [6, 6.07) is 15.5. The van der Waals surface area contributed by atoms with E-state index in [-0.39, 0.29) is 5.41 Å². The molecule has 0 spiro atoms. The Morgan fingerprint density at radius 2 is 1.79 bits per heavy atom. The van der Waals surface area contributed by atoms with E-state index in [1.807, 2.05) is 18.2 Å². The van der Waals surface area contributed by atoms with Gasteiger partial charge in [-0.05, 0) is 40.6 Å². The molecule has 0 saturated heterocycles. The van der Waals surface area contributed by atoms with Crippen molar-refractivity contribution in [3.63, 3.8) is 0 Å². The summed E-state index contributed by atoms with van der Waals surface area (Å²) in [6.07, 6.45) is 8.37. The van der Waals surface area contributed by atoms with Gasteiger partial charge in [-0.3, -0.25) is 4.99 Å². The Morgan fingerprint density at radius 1 is 1.04 bits per heavy atom. The molecular formula is C23H23N. The maximum atomic E-state index is 4.15. The maximum absolute atomic E-state index is 4.15. The highest BCUT2D eigenvalue weighted by Gasteiger charge is 2.34. The van der Waals surface area contributed by atoms with Gasteiger partial charge in [0.2, 0.25) is 0 Å². The first-order valence-corrected chi connectivity index (χ1v) is 8.26. The highest BCUT2D eigenvalue weighted by atomic mass is 14.7. The molecule has 0 aliphatic heterocycles. The number of allylic oxidation sites excluding steroid dienone is 5. The third kappa shape index (κ3) is 2.78. The highest BCUT2D eigenvalue weighted by Crippen LogP contribution is 2.48. The normalized spacial score (nSPS) is 15.2. The average Bonchev–Trinajstić information content (AvgIpc) is 2.82. The van der Waals surface area contributed by atoms with Crippen molar-refractivity contribution in [1.82, 2.24) is 0 Å². The van der Waals surface area contributed by atoms with Crippen molar-refractivity contribution in [2.45, 2.75) is 25.7 Å². The number of nitrogens with zero attached hydrogens (tertiary/aromatic N) is 1. The van der Waals surface area contributed by atoms with E-state index in [1.165, 1.54) is 27.8 Å². The molecule has 1 heteroatoms. The number of hydrogen-bond acceptors (Lipinski definition) is 1. The number of fused-ring (bicyclic) bond motifs is 3. The predicted molar refractivity (Wildman–Crippen MR) is 105 cm³/mol. The van der Waals surface area contributed by atoms with E-state index in [9.17, 15) is 0 Å². The molecule has 2 aromatic carbocycles. The van der Waals surface area contributed by atoms with Crippen molar-refractivity contribution in [2.24, 2.45) is 4.99 Å². The van der Waals surface area contributed by atoms with Crippen LogP contribution in [0.25, 0.3) is 11.1 Å². The van der Waals surface area contributed by atoms with Crippen LogP contribution in [0, 0.1) is 0 Å². The van der Waals surface area contributed by atoms with Crippen molar-refractivity contribution in [3.8, 4) is 11.1 Å². The molecule has 24 heavy (non-hydrogen) atoms. The van der Waals surface area contributed by atoms with Crippen molar-refractivity contribution >= 4 is 6.72 Å². The van der Waals surface area contributed by atoms with Crippen molar-refractivity contribution in [2.75, 3.05) is 0 Å². The maximum Gasteiger partial charge on any atom is 0.0440 e. The fraction of sp³-hybridized carbons (Fsp3) is 0.174. The van der Waals surface area contributed by atoms with Gasteiger partial charge in [-0.15, -0.1) is 0 Å². The van der Waals surface area contributed by atoms with Crippen LogP contribution in [0.3, 0.4) is 0 Å². The summed E-state index contributed by atoms with van der Waals surface area (Å²) in [5, 5.41) is 0. The molecule has 0 fully saturated rings. The lowest BCUT2D eigenvalue weighted by molar-refractivity contribution is 0.659. The molecule has 0 amide bonds. The summed E-state index contributed by atoms with van der Waals surface area (Å²) in [6.45, 7) is 12.0. The minimum atomic E-state index is 0.0379. The number of rotatable bonds is 5. The van der Waals surface area contributed by atoms with E-state index < -0.39 is 0 Å². The van der Waals surface area contributed by atoms with Gasteiger partial charge in [-0.2, -0.15) is 0 Å². The molecular weight excluding hydrogens is 290 g/mol. The van der Waals surface area contributed by atoms with Gasteiger partial charge in [0, 0.05) is 17.5 Å². The van der Waals surface area contributed by atoms with Gasteiger partial charge in [-0.1, -0.05) is 81.1 Å². The highest BCUT2D eigenvalue weighted by molar-refractivity contribution is 5.80. The van der Waals surface area contributed by atoms with Gasteiger partial charge >= 0.3 is 0 Å². The first-order valence-electron chi connectivity index (χ1n) is 8.26. The smallest absolute Gasteiger partial charge is 0.0440 e. The van der Waals surface area contributed by atoms with Crippen LogP contribution in [0.5, 0.6) is 0 Å². The molecule has 0 N–H and O–H groups in total. The summed E-state index contributed by atoms with van der Waals surface area (Å²) < 4.78 is 0. The van der Waals surface area contributed by atoms with E-state index in [0.717, 1.165) is 12.1 Å². The Hall–Kier alpha value is -2.67. The zero-order valence-electron chi connectivity index (χ0n) is 14.4. The van der Waals surface area contributed by atoms with Gasteiger partial charge < -0.3 is 0 Å². The monoisotopic (exact) mass is 313 g/mol. The second-order valence-corrected chi connectivity index (χ2v) is 6.66. The summed E-state index contributed by atoms with van der Waals surface area (Å²) in [4.78, 5) is 4.15. The molecule has 3 rings (SSSR count). The fourth-order valence-electron chi connectivity index (χ4n) is 3.48. The van der Waals surface area contributed by atoms with Crippen molar-refractivity contribution in [3.05, 3.63) is 95.7 Å². The lowest BCUT2D eigenvalue weighted by Gasteiger charge is -2.22. The molecule has 0 heterocycles. The number of benzene rings is 2. The van der Waals surface area contributed by atoms with Crippen LogP contribution in [-0.2, 0) is 11.8 Å². The Labute approximate surface area is 144 Å². The van der Waals surface area contributed by atoms with Crippen LogP contribution < -0.4 is 0 Å². The predicted octanol–water partition coefficient (Wildman–Crippen LogP) is 5.86. The molecule has 1 aliphatic carbocycles. The van der Waals surface area contributed by atoms with Crippen LogP contribution >= 0.6 is 0 Å². The Balaban J connectivity index is 1.98. The van der Waals surface area contributed by atoms with Gasteiger partial charge in [0.25, 0.3) is 0 Å². The summed E-state index contributed by atoms with van der Waals surface area (Å²) in [5.41, 5.74) is 7.77. The van der Waals surface area contributed by atoms with Gasteiger partial charge in [0.15, 0.2) is 0 Å². The molecule has 1 aliphatic rings. The Kier molecular flexibility index (Phi) is 4.35. The van der Waals surface area contributed by atoms with Crippen LogP contribution in [0.2, 0.25) is 0 Å². The minimum Gasteiger partial charge on any atom is -0.269 e. The van der Waals surface area contributed by atoms with Gasteiger partial charge in [-0.25, -0.2) is 0 Å². The third-order valence-electron chi connectivity index (χ3n) is 4.77. The second-order valence-electron chi connectivity index (χ2n) is 6.66. The molecule has 2 aromatic rings. The molecule has 0 bridgehead atoms. The molecule has 0 unspecified atom stereocenters. The van der Waals surface area contributed by atoms with Crippen LogP contribution in [-0.4, -0.2) is 6.72 Å². The summed E-state index contributed by atoms with van der Waals surface area (Å²) in [5.74, 6) is 0. The topological polar surface area (TPSA) is 12.4 Å². The first kappa shape index (κ1) is 16.2. The first-order chi connectivity index (χ1) is 11.6. The SMILES string of the molecule is C=C/C=C\C=C(\Cc1ccc2c(c1)C(C)(C)c1ccccc1-2)N=C. The van der Waals surface area contributed by atoms with E-state index >= 15 is 0 Å². The minimum absolute atomic E-state index is 0.0379. The lowest BCUT2D eigenvalue weighted by Crippen LogP contribution is -2.15. The number of aliphatic imine (C=N–C) groups is 1. The largest absolute Gasteiger partial charge is 0.269 e. The molecule has 0 aromatic heterocycles. The molecule has 0 atom stereocenters. The van der Waals surface area contributed by atoms with Crippen LogP contribution in [0.1, 0.15) is 30.5 Å². The Bertz CT molecular complexity index is 850. The zero-order valence-corrected chi connectivity index (χ0v) is 14.4. The van der Waals surface area contributed by atoms with Gasteiger partial charge in [0.1, 0.15) is 0 Å². The molecule has 1 nitrogen and oxygen atoms in total. The third-order valence-corrected chi connectivity index (χ3v) is 4.77. The van der Waals surface area contributed by atoms with E-state index in [2.05, 4.69) is 74.6 Å². The summed E-state index contributed by atoms with van der Waals surface area (Å²) in [7, 11) is 0. The Morgan fingerprint density at radius 3 is 2.54 bits per heavy atom. The average molecular weight is 313 g/mol. The quantitative estimate of drug-likeness (QED) is 0.484. The second kappa shape index (κ2) is 6.45. The lowest BCUT2D eigenvalue weighted by atomic mass is 9.82. The number of hydrogen-bond donors (Lipinski definition) is 0. The van der Waals surface area contributed by atoms with Gasteiger partial charge in [0.05, 0.1) is 0 Å². The summed E-state index contributed by atoms with van der Waals surface area (Å²) >= 11 is 0. The fourth-order valence-corrected chi connectivity index (χ4v) is 3.48. The van der Waals surface area contributed by atoms with E-state index in [4.69, 9.17) is 0 Å². The van der Waals surface area contributed by atoms with Crippen molar-refractivity contribution in [1.29, 1.82) is 0 Å². The van der Waals surface area contributed by atoms with E-state index in [1.54, 1.807) is 6.08 Å².